The van der Waals surface area contributed by atoms with Gasteiger partial charge in [0.25, 0.3) is 0 Å². The van der Waals surface area contributed by atoms with Crippen LogP contribution in [0.15, 0.2) is 17.0 Å². The van der Waals surface area contributed by atoms with Gasteiger partial charge in [-0.25, -0.2) is 12.8 Å². The summed E-state index contributed by atoms with van der Waals surface area (Å²) in [5.74, 6) is -1.25. The lowest BCUT2D eigenvalue weighted by Gasteiger charge is -2.06. The van der Waals surface area contributed by atoms with Crippen LogP contribution in [0.2, 0.25) is 0 Å². The molecule has 0 aliphatic heterocycles. The van der Waals surface area contributed by atoms with E-state index in [0.717, 1.165) is 18.4 Å². The summed E-state index contributed by atoms with van der Waals surface area (Å²) in [5, 5.41) is 18.0. The Balaban J connectivity index is 3.32. The van der Waals surface area contributed by atoms with Crippen LogP contribution in [-0.4, -0.2) is 31.5 Å². The predicted octanol–water partition coefficient (Wildman–Crippen LogP) is 0.470. The standard InChI is InChI=1S/C9H11FO4S/c1-15(13,14)9-5-8(12)6(2-3-11)4-7(9)10/h4-5,11-12H,2-3H2,1H3. The molecule has 4 nitrogen and oxygen atoms in total. The number of phenolic OH excluding ortho intramolecular Hbond substituents is 1. The van der Waals surface area contributed by atoms with Gasteiger partial charge in [-0.05, 0) is 18.1 Å². The van der Waals surface area contributed by atoms with Crippen LogP contribution in [0.3, 0.4) is 0 Å². The van der Waals surface area contributed by atoms with Crippen LogP contribution in [0.25, 0.3) is 0 Å². The SMILES string of the molecule is CS(=O)(=O)c1cc(O)c(CCO)cc1F. The molecule has 1 rings (SSSR count). The van der Waals surface area contributed by atoms with Gasteiger partial charge in [-0.2, -0.15) is 0 Å². The maximum absolute atomic E-state index is 13.3. The van der Waals surface area contributed by atoms with Gasteiger partial charge in [0.2, 0.25) is 0 Å². The summed E-state index contributed by atoms with van der Waals surface area (Å²) in [5.41, 5.74) is 0.183. The van der Waals surface area contributed by atoms with E-state index in [4.69, 9.17) is 5.11 Å². The first-order valence-corrected chi connectivity index (χ1v) is 6.07. The molecule has 0 heterocycles. The molecule has 6 heteroatoms. The van der Waals surface area contributed by atoms with Crippen molar-refractivity contribution in [2.45, 2.75) is 11.3 Å². The molecule has 0 unspecified atom stereocenters. The first-order chi connectivity index (χ1) is 6.86. The van der Waals surface area contributed by atoms with E-state index in [1.807, 2.05) is 0 Å². The molecule has 0 amide bonds. The number of halogens is 1. The van der Waals surface area contributed by atoms with Crippen molar-refractivity contribution in [3.05, 3.63) is 23.5 Å². The molecule has 0 aromatic heterocycles. The Morgan fingerprint density at radius 2 is 2.00 bits per heavy atom. The molecule has 2 N–H and O–H groups in total. The molecule has 0 aliphatic carbocycles. The van der Waals surface area contributed by atoms with Crippen molar-refractivity contribution in [3.8, 4) is 5.75 Å². The second kappa shape index (κ2) is 4.16. The molecule has 0 saturated carbocycles. The molecule has 0 aliphatic rings. The summed E-state index contributed by atoms with van der Waals surface area (Å²) in [7, 11) is -3.69. The Morgan fingerprint density at radius 1 is 1.40 bits per heavy atom. The summed E-state index contributed by atoms with van der Waals surface area (Å²) < 4.78 is 35.4. The van der Waals surface area contributed by atoms with Gasteiger partial charge in [-0.3, -0.25) is 0 Å². The molecule has 0 radical (unpaired) electrons. The number of benzene rings is 1. The first-order valence-electron chi connectivity index (χ1n) is 4.18. The lowest BCUT2D eigenvalue weighted by Crippen LogP contribution is -2.02. The molecule has 0 saturated heterocycles. The number of rotatable bonds is 3. The quantitative estimate of drug-likeness (QED) is 0.797. The third-order valence-electron chi connectivity index (χ3n) is 1.91. The number of aliphatic hydroxyl groups is 1. The maximum atomic E-state index is 13.3. The Labute approximate surface area is 86.9 Å². The van der Waals surface area contributed by atoms with Crippen molar-refractivity contribution < 1.29 is 23.0 Å². The Kier molecular flexibility index (Phi) is 3.31. The molecular weight excluding hydrogens is 223 g/mol. The van der Waals surface area contributed by atoms with Gasteiger partial charge in [-0.1, -0.05) is 0 Å². The lowest BCUT2D eigenvalue weighted by atomic mass is 10.1. The highest BCUT2D eigenvalue weighted by Crippen LogP contribution is 2.25. The van der Waals surface area contributed by atoms with Crippen LogP contribution >= 0.6 is 0 Å². The van der Waals surface area contributed by atoms with Gasteiger partial charge >= 0.3 is 0 Å². The van der Waals surface area contributed by atoms with E-state index < -0.39 is 20.5 Å². The van der Waals surface area contributed by atoms with E-state index in [1.165, 1.54) is 0 Å². The summed E-state index contributed by atoms with van der Waals surface area (Å²) in [6.07, 6.45) is 0.934. The van der Waals surface area contributed by atoms with Crippen LogP contribution in [0.4, 0.5) is 4.39 Å². The number of aliphatic hydroxyl groups excluding tert-OH is 1. The minimum absolute atomic E-state index is 0.0762. The van der Waals surface area contributed by atoms with Crippen molar-refractivity contribution in [1.29, 1.82) is 0 Å². The van der Waals surface area contributed by atoms with Gasteiger partial charge in [0, 0.05) is 18.9 Å². The average molecular weight is 234 g/mol. The Hall–Kier alpha value is -1.14. The van der Waals surface area contributed by atoms with Gasteiger partial charge < -0.3 is 10.2 Å². The Bertz CT molecular complexity index is 467. The molecule has 1 aromatic carbocycles. The Morgan fingerprint density at radius 3 is 2.47 bits per heavy atom. The van der Waals surface area contributed by atoms with E-state index in [1.54, 1.807) is 0 Å². The summed E-state index contributed by atoms with van der Waals surface area (Å²) in [6, 6.07) is 1.78. The first kappa shape index (κ1) is 11.9. The largest absolute Gasteiger partial charge is 0.508 e. The minimum atomic E-state index is -3.69. The van der Waals surface area contributed by atoms with Crippen LogP contribution in [-0.2, 0) is 16.3 Å². The zero-order chi connectivity index (χ0) is 11.6. The predicted molar refractivity (Wildman–Crippen MR) is 52.0 cm³/mol. The van der Waals surface area contributed by atoms with Gasteiger partial charge in [0.15, 0.2) is 9.84 Å². The normalized spacial score (nSPS) is 11.7. The fourth-order valence-corrected chi connectivity index (χ4v) is 1.93. The van der Waals surface area contributed by atoms with E-state index in [-0.39, 0.29) is 24.3 Å². The van der Waals surface area contributed by atoms with Crippen molar-refractivity contribution in [2.24, 2.45) is 0 Å². The zero-order valence-electron chi connectivity index (χ0n) is 8.07. The van der Waals surface area contributed by atoms with Crippen molar-refractivity contribution in [1.82, 2.24) is 0 Å². The number of aromatic hydroxyl groups is 1. The van der Waals surface area contributed by atoms with Gasteiger partial charge in [0.05, 0.1) is 0 Å². The second-order valence-corrected chi connectivity index (χ2v) is 5.14. The van der Waals surface area contributed by atoms with Crippen LogP contribution in [0, 0.1) is 5.82 Å². The molecule has 0 fully saturated rings. The highest BCUT2D eigenvalue weighted by Gasteiger charge is 2.16. The smallest absolute Gasteiger partial charge is 0.178 e. The summed E-state index contributed by atoms with van der Waals surface area (Å²) in [6.45, 7) is -0.245. The second-order valence-electron chi connectivity index (χ2n) is 3.16. The third-order valence-corrected chi connectivity index (χ3v) is 3.03. The molecule has 84 valence electrons. The monoisotopic (exact) mass is 234 g/mol. The lowest BCUT2D eigenvalue weighted by molar-refractivity contribution is 0.297. The fraction of sp³-hybridized carbons (Fsp3) is 0.333. The van der Waals surface area contributed by atoms with Crippen LogP contribution < -0.4 is 0 Å². The number of hydrogen-bond acceptors (Lipinski definition) is 4. The van der Waals surface area contributed by atoms with E-state index >= 15 is 0 Å². The summed E-state index contributed by atoms with van der Waals surface area (Å²) in [4.78, 5) is -0.540. The zero-order valence-corrected chi connectivity index (χ0v) is 8.88. The highest BCUT2D eigenvalue weighted by atomic mass is 32.2. The molecule has 1 aromatic rings. The van der Waals surface area contributed by atoms with E-state index in [2.05, 4.69) is 0 Å². The number of phenols is 1. The topological polar surface area (TPSA) is 74.6 Å². The minimum Gasteiger partial charge on any atom is -0.508 e. The van der Waals surface area contributed by atoms with Gasteiger partial charge in [0.1, 0.15) is 16.5 Å². The molecular formula is C9H11FO4S. The highest BCUT2D eigenvalue weighted by molar-refractivity contribution is 7.90. The van der Waals surface area contributed by atoms with E-state index in [0.29, 0.717) is 0 Å². The van der Waals surface area contributed by atoms with Crippen molar-refractivity contribution >= 4 is 9.84 Å². The molecule has 0 spiro atoms. The molecule has 0 atom stereocenters. The average Bonchev–Trinajstić information content (AvgIpc) is 2.09. The van der Waals surface area contributed by atoms with E-state index in [9.17, 15) is 17.9 Å². The maximum Gasteiger partial charge on any atom is 0.178 e. The van der Waals surface area contributed by atoms with Crippen molar-refractivity contribution in [3.63, 3.8) is 0 Å². The van der Waals surface area contributed by atoms with Crippen molar-refractivity contribution in [2.75, 3.05) is 12.9 Å². The third kappa shape index (κ3) is 2.66. The fourth-order valence-electron chi connectivity index (χ4n) is 1.19. The van der Waals surface area contributed by atoms with Crippen LogP contribution in [0.1, 0.15) is 5.56 Å². The van der Waals surface area contributed by atoms with Crippen LogP contribution in [0.5, 0.6) is 5.75 Å². The molecule has 15 heavy (non-hydrogen) atoms. The number of hydrogen-bond donors (Lipinski definition) is 2. The van der Waals surface area contributed by atoms with Gasteiger partial charge in [-0.15, -0.1) is 0 Å². The number of sulfone groups is 1. The summed E-state index contributed by atoms with van der Waals surface area (Å²) >= 11 is 0. The molecule has 0 bridgehead atoms.